The molecule has 0 saturated carbocycles. The molecule has 2 unspecified atom stereocenters. The first kappa shape index (κ1) is 15.8. The van der Waals surface area contributed by atoms with Crippen molar-refractivity contribution < 1.29 is 14.0 Å². The van der Waals surface area contributed by atoms with Crippen LogP contribution in [0.15, 0.2) is 36.7 Å². The van der Waals surface area contributed by atoms with Gasteiger partial charge in [-0.2, -0.15) is 5.10 Å². The van der Waals surface area contributed by atoms with Gasteiger partial charge in [-0.15, -0.1) is 0 Å². The highest BCUT2D eigenvalue weighted by atomic mass is 19.1. The SMILES string of the molecule is Cn1cc(N2C(=O)CC3C2CCN3C(=O)Cc2cccc(F)c2)cn1. The van der Waals surface area contributed by atoms with Crippen LogP contribution < -0.4 is 4.90 Å². The Labute approximate surface area is 144 Å². The molecule has 4 rings (SSSR count). The Morgan fingerprint density at radius 1 is 1.36 bits per heavy atom. The third-order valence-corrected chi connectivity index (χ3v) is 5.03. The number of hydrogen-bond acceptors (Lipinski definition) is 3. The zero-order chi connectivity index (χ0) is 17.6. The maximum absolute atomic E-state index is 13.3. The van der Waals surface area contributed by atoms with Gasteiger partial charge in [-0.3, -0.25) is 14.3 Å². The Bertz CT molecular complexity index is 834. The van der Waals surface area contributed by atoms with Crippen LogP contribution in [-0.4, -0.2) is 45.1 Å². The van der Waals surface area contributed by atoms with Crippen LogP contribution in [0.1, 0.15) is 18.4 Å². The van der Waals surface area contributed by atoms with Crippen molar-refractivity contribution in [1.82, 2.24) is 14.7 Å². The van der Waals surface area contributed by atoms with Gasteiger partial charge in [0.05, 0.1) is 30.4 Å². The van der Waals surface area contributed by atoms with Crippen molar-refractivity contribution in [3.05, 3.63) is 48.0 Å². The summed E-state index contributed by atoms with van der Waals surface area (Å²) in [5.74, 6) is -0.381. The fourth-order valence-electron chi connectivity index (χ4n) is 3.95. The van der Waals surface area contributed by atoms with Gasteiger partial charge in [0.2, 0.25) is 11.8 Å². The number of aromatic nitrogens is 2. The minimum Gasteiger partial charge on any atom is -0.337 e. The van der Waals surface area contributed by atoms with E-state index < -0.39 is 0 Å². The first-order valence-corrected chi connectivity index (χ1v) is 8.37. The normalized spacial score (nSPS) is 22.6. The van der Waals surface area contributed by atoms with E-state index in [-0.39, 0.29) is 36.1 Å². The molecule has 2 aliphatic heterocycles. The number of fused-ring (bicyclic) bond motifs is 1. The van der Waals surface area contributed by atoms with E-state index in [0.29, 0.717) is 18.5 Å². The van der Waals surface area contributed by atoms with Gasteiger partial charge in [-0.1, -0.05) is 12.1 Å². The Hall–Kier alpha value is -2.70. The second kappa shape index (κ2) is 5.98. The fourth-order valence-corrected chi connectivity index (χ4v) is 3.95. The topological polar surface area (TPSA) is 58.4 Å². The van der Waals surface area contributed by atoms with Crippen LogP contribution in [0.2, 0.25) is 0 Å². The quantitative estimate of drug-likeness (QED) is 0.850. The monoisotopic (exact) mass is 342 g/mol. The van der Waals surface area contributed by atoms with Crippen LogP contribution in [0.25, 0.3) is 0 Å². The van der Waals surface area contributed by atoms with Crippen LogP contribution in [-0.2, 0) is 23.1 Å². The Balaban J connectivity index is 1.51. The molecule has 25 heavy (non-hydrogen) atoms. The van der Waals surface area contributed by atoms with E-state index in [1.54, 1.807) is 32.8 Å². The van der Waals surface area contributed by atoms with E-state index in [1.807, 2.05) is 13.2 Å². The summed E-state index contributed by atoms with van der Waals surface area (Å²) in [6.45, 7) is 0.619. The average Bonchev–Trinajstić information content (AvgIpc) is 3.22. The molecule has 2 fully saturated rings. The molecule has 1 aromatic carbocycles. The smallest absolute Gasteiger partial charge is 0.229 e. The molecular weight excluding hydrogens is 323 g/mol. The molecule has 2 saturated heterocycles. The molecule has 2 aliphatic rings. The fraction of sp³-hybridized carbons (Fsp3) is 0.389. The lowest BCUT2D eigenvalue weighted by Crippen LogP contribution is -2.40. The standard InChI is InChI=1S/C18H19FN4O2/c1-21-11-14(10-20-21)23-15-5-6-22(16(15)9-18(23)25)17(24)8-12-3-2-4-13(19)7-12/h2-4,7,10-11,15-16H,5-6,8-9H2,1H3. The number of carbonyl (C=O) groups excluding carboxylic acids is 2. The Kier molecular flexibility index (Phi) is 3.78. The first-order chi connectivity index (χ1) is 12.0. The van der Waals surface area contributed by atoms with Crippen LogP contribution in [0.4, 0.5) is 10.1 Å². The van der Waals surface area contributed by atoms with E-state index in [1.165, 1.54) is 12.1 Å². The van der Waals surface area contributed by atoms with Crippen molar-refractivity contribution in [2.75, 3.05) is 11.4 Å². The van der Waals surface area contributed by atoms with E-state index in [0.717, 1.165) is 12.1 Å². The van der Waals surface area contributed by atoms with E-state index in [9.17, 15) is 14.0 Å². The minimum absolute atomic E-state index is 0.00633. The molecule has 1 aromatic heterocycles. The van der Waals surface area contributed by atoms with Gasteiger partial charge in [0, 0.05) is 26.2 Å². The number of likely N-dealkylation sites (tertiary alicyclic amines) is 1. The van der Waals surface area contributed by atoms with Crippen molar-refractivity contribution >= 4 is 17.5 Å². The predicted molar refractivity (Wildman–Crippen MR) is 89.3 cm³/mol. The summed E-state index contributed by atoms with van der Waals surface area (Å²) in [6, 6.07) is 5.97. The molecular formula is C18H19FN4O2. The van der Waals surface area contributed by atoms with Crippen molar-refractivity contribution in [2.45, 2.75) is 31.3 Å². The highest BCUT2D eigenvalue weighted by Gasteiger charge is 2.48. The summed E-state index contributed by atoms with van der Waals surface area (Å²) >= 11 is 0. The number of halogens is 1. The number of amides is 2. The number of nitrogens with zero attached hydrogens (tertiary/aromatic N) is 4. The molecule has 0 radical (unpaired) electrons. The summed E-state index contributed by atoms with van der Waals surface area (Å²) < 4.78 is 15.0. The summed E-state index contributed by atoms with van der Waals surface area (Å²) in [4.78, 5) is 28.7. The molecule has 130 valence electrons. The largest absolute Gasteiger partial charge is 0.337 e. The molecule has 0 aliphatic carbocycles. The predicted octanol–water partition coefficient (Wildman–Crippen LogP) is 1.51. The summed E-state index contributed by atoms with van der Waals surface area (Å²) in [5.41, 5.74) is 1.43. The Morgan fingerprint density at radius 3 is 2.92 bits per heavy atom. The molecule has 0 bridgehead atoms. The maximum Gasteiger partial charge on any atom is 0.229 e. The lowest BCUT2D eigenvalue weighted by Gasteiger charge is -2.24. The highest BCUT2D eigenvalue weighted by Crippen LogP contribution is 2.36. The van der Waals surface area contributed by atoms with Gasteiger partial charge in [-0.25, -0.2) is 4.39 Å². The number of hydrogen-bond donors (Lipinski definition) is 0. The molecule has 2 amide bonds. The third kappa shape index (κ3) is 2.79. The molecule has 3 heterocycles. The van der Waals surface area contributed by atoms with Gasteiger partial charge < -0.3 is 9.80 Å². The lowest BCUT2D eigenvalue weighted by atomic mass is 10.1. The molecule has 0 N–H and O–H groups in total. The van der Waals surface area contributed by atoms with E-state index >= 15 is 0 Å². The van der Waals surface area contributed by atoms with Crippen molar-refractivity contribution in [1.29, 1.82) is 0 Å². The Morgan fingerprint density at radius 2 is 2.20 bits per heavy atom. The van der Waals surface area contributed by atoms with Crippen molar-refractivity contribution in [3.63, 3.8) is 0 Å². The summed E-state index contributed by atoms with van der Waals surface area (Å²) in [6.07, 6.45) is 4.73. The number of anilines is 1. The number of rotatable bonds is 3. The molecule has 2 atom stereocenters. The molecule has 2 aromatic rings. The highest BCUT2D eigenvalue weighted by molar-refractivity contribution is 5.98. The average molecular weight is 342 g/mol. The summed E-state index contributed by atoms with van der Waals surface area (Å²) in [5, 5.41) is 4.13. The van der Waals surface area contributed by atoms with Crippen LogP contribution in [0.5, 0.6) is 0 Å². The zero-order valence-corrected chi connectivity index (χ0v) is 13.9. The summed E-state index contributed by atoms with van der Waals surface area (Å²) in [7, 11) is 1.81. The maximum atomic E-state index is 13.3. The second-order valence-electron chi connectivity index (χ2n) is 6.66. The van der Waals surface area contributed by atoms with Crippen LogP contribution in [0.3, 0.4) is 0 Å². The van der Waals surface area contributed by atoms with E-state index in [4.69, 9.17) is 0 Å². The lowest BCUT2D eigenvalue weighted by molar-refractivity contribution is -0.131. The van der Waals surface area contributed by atoms with Crippen molar-refractivity contribution in [3.8, 4) is 0 Å². The molecule has 7 heteroatoms. The van der Waals surface area contributed by atoms with Gasteiger partial charge in [0.25, 0.3) is 0 Å². The third-order valence-electron chi connectivity index (χ3n) is 5.03. The van der Waals surface area contributed by atoms with E-state index in [2.05, 4.69) is 5.10 Å². The molecule has 0 spiro atoms. The van der Waals surface area contributed by atoms with Gasteiger partial charge >= 0.3 is 0 Å². The van der Waals surface area contributed by atoms with Gasteiger partial charge in [0.15, 0.2) is 0 Å². The number of benzene rings is 1. The first-order valence-electron chi connectivity index (χ1n) is 8.37. The van der Waals surface area contributed by atoms with Crippen LogP contribution in [0, 0.1) is 5.82 Å². The zero-order valence-electron chi connectivity index (χ0n) is 13.9. The van der Waals surface area contributed by atoms with Gasteiger partial charge in [0.1, 0.15) is 5.82 Å². The number of carbonyl (C=O) groups is 2. The van der Waals surface area contributed by atoms with Crippen LogP contribution >= 0.6 is 0 Å². The van der Waals surface area contributed by atoms with Crippen molar-refractivity contribution in [2.24, 2.45) is 7.05 Å². The molecule has 6 nitrogen and oxygen atoms in total. The number of aryl methyl sites for hydroxylation is 1. The van der Waals surface area contributed by atoms with Gasteiger partial charge in [-0.05, 0) is 24.1 Å². The second-order valence-corrected chi connectivity index (χ2v) is 6.66. The minimum atomic E-state index is -0.344.